The van der Waals surface area contributed by atoms with Crippen LogP contribution in [0.15, 0.2) is 35.4 Å². The molecule has 0 aliphatic carbocycles. The van der Waals surface area contributed by atoms with Crippen LogP contribution in [0.2, 0.25) is 0 Å². The van der Waals surface area contributed by atoms with Crippen LogP contribution in [0.1, 0.15) is 11.3 Å². The summed E-state index contributed by atoms with van der Waals surface area (Å²) in [6.07, 6.45) is 2.59. The van der Waals surface area contributed by atoms with E-state index in [0.717, 1.165) is 17.7 Å². The van der Waals surface area contributed by atoms with Crippen LogP contribution in [0.25, 0.3) is 0 Å². The lowest BCUT2D eigenvalue weighted by Crippen LogP contribution is -2.28. The quantitative estimate of drug-likeness (QED) is 0.848. The fourth-order valence-corrected chi connectivity index (χ4v) is 3.60. The number of rotatable bonds is 6. The van der Waals surface area contributed by atoms with Crippen molar-refractivity contribution in [2.75, 3.05) is 20.3 Å². The summed E-state index contributed by atoms with van der Waals surface area (Å²) in [5, 5.41) is 4.30. The number of ether oxygens (including phenoxy) is 2. The molecule has 0 fully saturated rings. The third-order valence-corrected chi connectivity index (χ3v) is 5.20. The number of aromatic nitrogens is 2. The van der Waals surface area contributed by atoms with Crippen LogP contribution in [-0.2, 0) is 34.3 Å². The van der Waals surface area contributed by atoms with Crippen molar-refractivity contribution in [1.29, 1.82) is 0 Å². The Morgan fingerprint density at radius 1 is 1.43 bits per heavy atom. The average molecular weight is 337 g/mol. The van der Waals surface area contributed by atoms with Crippen molar-refractivity contribution in [3.05, 3.63) is 41.7 Å². The molecule has 0 spiro atoms. The van der Waals surface area contributed by atoms with Gasteiger partial charge in [0.25, 0.3) is 0 Å². The second-order valence-electron chi connectivity index (χ2n) is 5.22. The summed E-state index contributed by atoms with van der Waals surface area (Å²) in [5.41, 5.74) is 2.20. The van der Waals surface area contributed by atoms with E-state index in [-0.39, 0.29) is 11.4 Å². The number of methoxy groups -OCH3 is 1. The molecule has 0 bridgehead atoms. The van der Waals surface area contributed by atoms with Crippen LogP contribution in [0.3, 0.4) is 0 Å². The maximum atomic E-state index is 12.3. The molecule has 23 heavy (non-hydrogen) atoms. The van der Waals surface area contributed by atoms with E-state index < -0.39 is 10.0 Å². The van der Waals surface area contributed by atoms with Crippen LogP contribution < -0.4 is 9.46 Å². The Labute approximate surface area is 135 Å². The zero-order valence-electron chi connectivity index (χ0n) is 12.9. The molecule has 124 valence electrons. The minimum atomic E-state index is -3.56. The van der Waals surface area contributed by atoms with Crippen molar-refractivity contribution in [3.63, 3.8) is 0 Å². The molecule has 1 N–H and O–H groups in total. The third-order valence-electron chi connectivity index (χ3n) is 3.74. The summed E-state index contributed by atoms with van der Waals surface area (Å²) in [5.74, 6) is 0.508. The Morgan fingerprint density at radius 2 is 2.30 bits per heavy atom. The van der Waals surface area contributed by atoms with E-state index in [2.05, 4.69) is 9.82 Å². The number of hydrogen-bond acceptors (Lipinski definition) is 5. The standard InChI is InChI=1S/C15H19N3O4S/c1-21-13-3-2-4-14(9-13)23(19,20)17-6-7-18-15-5-8-22-11-12(15)10-16-18/h2-4,9-10,17H,5-8,11H2,1H3. The summed E-state index contributed by atoms with van der Waals surface area (Å²) < 4.78 is 39.5. The minimum Gasteiger partial charge on any atom is -0.497 e. The molecule has 0 saturated heterocycles. The topological polar surface area (TPSA) is 82.5 Å². The lowest BCUT2D eigenvalue weighted by Gasteiger charge is -2.15. The van der Waals surface area contributed by atoms with E-state index in [1.807, 2.05) is 4.68 Å². The first kappa shape index (κ1) is 16.0. The van der Waals surface area contributed by atoms with Gasteiger partial charge in [-0.05, 0) is 12.1 Å². The number of sulfonamides is 1. The van der Waals surface area contributed by atoms with Gasteiger partial charge in [-0.15, -0.1) is 0 Å². The normalized spacial score (nSPS) is 14.5. The van der Waals surface area contributed by atoms with Gasteiger partial charge in [-0.2, -0.15) is 5.10 Å². The molecule has 1 aliphatic heterocycles. The highest BCUT2D eigenvalue weighted by Gasteiger charge is 2.17. The number of benzene rings is 1. The summed E-state index contributed by atoms with van der Waals surface area (Å²) >= 11 is 0. The SMILES string of the molecule is COc1cccc(S(=O)(=O)NCCn2ncc3c2CCOC3)c1. The fourth-order valence-electron chi connectivity index (χ4n) is 2.54. The van der Waals surface area contributed by atoms with Gasteiger partial charge in [0.2, 0.25) is 10.0 Å². The molecule has 0 saturated carbocycles. The van der Waals surface area contributed by atoms with Gasteiger partial charge in [0.15, 0.2) is 0 Å². The molecule has 0 unspecified atom stereocenters. The highest BCUT2D eigenvalue weighted by Crippen LogP contribution is 2.17. The first-order valence-electron chi connectivity index (χ1n) is 7.35. The van der Waals surface area contributed by atoms with E-state index in [9.17, 15) is 8.42 Å². The van der Waals surface area contributed by atoms with E-state index in [1.54, 1.807) is 18.3 Å². The Morgan fingerprint density at radius 3 is 3.13 bits per heavy atom. The monoisotopic (exact) mass is 337 g/mol. The lowest BCUT2D eigenvalue weighted by molar-refractivity contribution is 0.109. The van der Waals surface area contributed by atoms with E-state index >= 15 is 0 Å². The van der Waals surface area contributed by atoms with Crippen molar-refractivity contribution in [2.45, 2.75) is 24.5 Å². The number of fused-ring (bicyclic) bond motifs is 1. The van der Waals surface area contributed by atoms with Crippen LogP contribution in [0.4, 0.5) is 0 Å². The summed E-state index contributed by atoms with van der Waals surface area (Å²) in [4.78, 5) is 0.188. The Balaban J connectivity index is 1.64. The largest absolute Gasteiger partial charge is 0.497 e. The van der Waals surface area contributed by atoms with Crippen LogP contribution in [0.5, 0.6) is 5.75 Å². The molecular weight excluding hydrogens is 318 g/mol. The van der Waals surface area contributed by atoms with Gasteiger partial charge < -0.3 is 9.47 Å². The van der Waals surface area contributed by atoms with Crippen LogP contribution >= 0.6 is 0 Å². The first-order valence-corrected chi connectivity index (χ1v) is 8.83. The summed E-state index contributed by atoms with van der Waals surface area (Å²) in [7, 11) is -2.06. The predicted molar refractivity (Wildman–Crippen MR) is 83.8 cm³/mol. The second-order valence-corrected chi connectivity index (χ2v) is 6.99. The molecule has 0 amide bonds. The molecule has 7 nitrogen and oxygen atoms in total. The van der Waals surface area contributed by atoms with Crippen molar-refractivity contribution in [2.24, 2.45) is 0 Å². The van der Waals surface area contributed by atoms with E-state index in [4.69, 9.17) is 9.47 Å². The van der Waals surface area contributed by atoms with Gasteiger partial charge in [0.05, 0.1) is 38.0 Å². The van der Waals surface area contributed by atoms with Gasteiger partial charge in [-0.3, -0.25) is 4.68 Å². The van der Waals surface area contributed by atoms with Gasteiger partial charge in [-0.1, -0.05) is 6.07 Å². The number of nitrogens with zero attached hydrogens (tertiary/aromatic N) is 2. The summed E-state index contributed by atoms with van der Waals surface area (Å²) in [6, 6.07) is 6.39. The Bertz CT molecular complexity index is 786. The Hall–Kier alpha value is -1.90. The fraction of sp³-hybridized carbons (Fsp3) is 0.400. The average Bonchev–Trinajstić information content (AvgIpc) is 2.98. The van der Waals surface area contributed by atoms with Crippen molar-refractivity contribution < 1.29 is 17.9 Å². The van der Waals surface area contributed by atoms with Gasteiger partial charge in [0.1, 0.15) is 5.75 Å². The van der Waals surface area contributed by atoms with Crippen molar-refractivity contribution >= 4 is 10.0 Å². The second kappa shape index (κ2) is 6.69. The molecule has 0 atom stereocenters. The van der Waals surface area contributed by atoms with Gasteiger partial charge in [0, 0.05) is 30.3 Å². The zero-order valence-corrected chi connectivity index (χ0v) is 13.7. The molecule has 1 aromatic heterocycles. The first-order chi connectivity index (χ1) is 11.1. The maximum Gasteiger partial charge on any atom is 0.240 e. The molecule has 8 heteroatoms. The predicted octanol–water partition coefficient (Wildman–Crippen LogP) is 0.943. The van der Waals surface area contributed by atoms with Gasteiger partial charge >= 0.3 is 0 Å². The van der Waals surface area contributed by atoms with Crippen molar-refractivity contribution in [3.8, 4) is 5.75 Å². The molecular formula is C15H19N3O4S. The maximum absolute atomic E-state index is 12.3. The van der Waals surface area contributed by atoms with Crippen LogP contribution in [-0.4, -0.2) is 38.5 Å². The molecule has 2 aromatic rings. The zero-order chi connectivity index (χ0) is 16.3. The molecule has 1 aliphatic rings. The third kappa shape index (κ3) is 3.54. The highest BCUT2D eigenvalue weighted by atomic mass is 32.2. The van der Waals surface area contributed by atoms with Gasteiger partial charge in [-0.25, -0.2) is 13.1 Å². The van der Waals surface area contributed by atoms with E-state index in [0.29, 0.717) is 25.5 Å². The molecule has 1 aromatic carbocycles. The highest BCUT2D eigenvalue weighted by molar-refractivity contribution is 7.89. The smallest absolute Gasteiger partial charge is 0.240 e. The van der Waals surface area contributed by atoms with Crippen molar-refractivity contribution in [1.82, 2.24) is 14.5 Å². The summed E-state index contributed by atoms with van der Waals surface area (Å²) in [6.45, 7) is 2.01. The Kier molecular flexibility index (Phi) is 4.65. The van der Waals surface area contributed by atoms with E-state index in [1.165, 1.54) is 19.2 Å². The molecule has 2 heterocycles. The lowest BCUT2D eigenvalue weighted by atomic mass is 10.2. The van der Waals surface area contributed by atoms with Crippen LogP contribution in [0, 0.1) is 0 Å². The molecule has 3 rings (SSSR count). The number of hydrogen-bond donors (Lipinski definition) is 1. The minimum absolute atomic E-state index is 0.188. The number of nitrogens with one attached hydrogen (secondary N) is 1. The molecule has 0 radical (unpaired) electrons.